The highest BCUT2D eigenvalue weighted by atomic mass is 19.1. The second-order valence-electron chi connectivity index (χ2n) is 4.50. The molecule has 0 bridgehead atoms. The van der Waals surface area contributed by atoms with Crippen LogP contribution < -0.4 is 5.56 Å². The van der Waals surface area contributed by atoms with Crippen molar-refractivity contribution in [2.75, 3.05) is 0 Å². The fourth-order valence-corrected chi connectivity index (χ4v) is 2.18. The summed E-state index contributed by atoms with van der Waals surface area (Å²) in [6.07, 6.45) is 0. The van der Waals surface area contributed by atoms with Gasteiger partial charge in [0.05, 0.1) is 10.9 Å². The summed E-state index contributed by atoms with van der Waals surface area (Å²) in [6.45, 7) is 1.55. The molecule has 0 atom stereocenters. The zero-order valence-electron chi connectivity index (χ0n) is 10.6. The predicted octanol–water partition coefficient (Wildman–Crippen LogP) is 3.18. The van der Waals surface area contributed by atoms with Gasteiger partial charge in [-0.05, 0) is 24.6 Å². The van der Waals surface area contributed by atoms with E-state index in [1.807, 2.05) is 0 Å². The van der Waals surface area contributed by atoms with E-state index in [4.69, 9.17) is 0 Å². The minimum Gasteiger partial charge on any atom is -0.267 e. The van der Waals surface area contributed by atoms with E-state index in [2.05, 4.69) is 10.2 Å². The number of hydrogen-bond acceptors (Lipinski definition) is 2. The normalized spacial score (nSPS) is 10.9. The summed E-state index contributed by atoms with van der Waals surface area (Å²) in [5.74, 6) is -1.38. The van der Waals surface area contributed by atoms with Crippen LogP contribution >= 0.6 is 0 Å². The zero-order valence-corrected chi connectivity index (χ0v) is 10.6. The highest BCUT2D eigenvalue weighted by Crippen LogP contribution is 2.30. The van der Waals surface area contributed by atoms with E-state index in [-0.39, 0.29) is 11.3 Å². The molecule has 0 unspecified atom stereocenters. The second kappa shape index (κ2) is 4.52. The van der Waals surface area contributed by atoms with Crippen LogP contribution in [0.2, 0.25) is 0 Å². The average molecular weight is 272 g/mol. The number of hydrogen-bond donors (Lipinski definition) is 1. The third kappa shape index (κ3) is 1.79. The molecule has 3 nitrogen and oxygen atoms in total. The number of aromatic nitrogens is 2. The Morgan fingerprint density at radius 1 is 1.05 bits per heavy atom. The Morgan fingerprint density at radius 2 is 1.75 bits per heavy atom. The Hall–Kier alpha value is -2.56. The Labute approximate surface area is 112 Å². The number of halogens is 2. The summed E-state index contributed by atoms with van der Waals surface area (Å²) in [5.41, 5.74) is -0.201. The summed E-state index contributed by atoms with van der Waals surface area (Å²) in [6, 6.07) is 9.14. The lowest BCUT2D eigenvalue weighted by Gasteiger charge is -2.08. The van der Waals surface area contributed by atoms with Crippen LogP contribution in [0.1, 0.15) is 5.56 Å². The minimum atomic E-state index is -0.710. The molecule has 3 aromatic rings. The van der Waals surface area contributed by atoms with Gasteiger partial charge in [0.25, 0.3) is 5.56 Å². The van der Waals surface area contributed by atoms with Crippen molar-refractivity contribution in [3.8, 4) is 11.3 Å². The molecule has 0 aliphatic rings. The first-order valence-electron chi connectivity index (χ1n) is 6.02. The number of aryl methyl sites for hydroxylation is 1. The molecule has 0 aliphatic heterocycles. The number of H-pyrrole nitrogens is 1. The molecular weight excluding hydrogens is 262 g/mol. The molecule has 0 fully saturated rings. The number of nitrogens with zero attached hydrogens (tertiary/aromatic N) is 1. The molecule has 1 aromatic heterocycles. The third-order valence-electron chi connectivity index (χ3n) is 3.22. The van der Waals surface area contributed by atoms with Crippen molar-refractivity contribution < 1.29 is 8.78 Å². The van der Waals surface area contributed by atoms with E-state index in [0.29, 0.717) is 16.3 Å². The van der Waals surface area contributed by atoms with Gasteiger partial charge in [0.2, 0.25) is 0 Å². The largest absolute Gasteiger partial charge is 0.272 e. The lowest BCUT2D eigenvalue weighted by atomic mass is 10.0. The van der Waals surface area contributed by atoms with Crippen LogP contribution in [0.5, 0.6) is 0 Å². The number of fused-ring (bicyclic) bond motifs is 1. The van der Waals surface area contributed by atoms with Crippen LogP contribution in [0, 0.1) is 18.6 Å². The third-order valence-corrected chi connectivity index (χ3v) is 3.22. The maximum absolute atomic E-state index is 14.2. The van der Waals surface area contributed by atoms with Crippen molar-refractivity contribution in [2.45, 2.75) is 6.92 Å². The SMILES string of the molecule is Cc1ccc(F)c(-c2n[nH]c(=O)c3ccccc23)c1F. The van der Waals surface area contributed by atoms with Crippen molar-refractivity contribution in [3.05, 3.63) is 63.9 Å². The van der Waals surface area contributed by atoms with Crippen molar-refractivity contribution in [1.82, 2.24) is 10.2 Å². The Balaban J connectivity index is 2.46. The van der Waals surface area contributed by atoms with Gasteiger partial charge in [-0.15, -0.1) is 0 Å². The van der Waals surface area contributed by atoms with Gasteiger partial charge in [-0.2, -0.15) is 5.10 Å². The van der Waals surface area contributed by atoms with Gasteiger partial charge in [0.15, 0.2) is 0 Å². The quantitative estimate of drug-likeness (QED) is 0.739. The Kier molecular flexibility index (Phi) is 2.82. The highest BCUT2D eigenvalue weighted by molar-refractivity contribution is 5.93. The van der Waals surface area contributed by atoms with Gasteiger partial charge in [0, 0.05) is 5.39 Å². The fourth-order valence-electron chi connectivity index (χ4n) is 2.18. The summed E-state index contributed by atoms with van der Waals surface area (Å²) in [4.78, 5) is 11.7. The maximum atomic E-state index is 14.2. The first kappa shape index (κ1) is 12.5. The fraction of sp³-hybridized carbons (Fsp3) is 0.0667. The number of benzene rings is 2. The van der Waals surface area contributed by atoms with E-state index in [9.17, 15) is 13.6 Å². The minimum absolute atomic E-state index is 0.0962. The van der Waals surface area contributed by atoms with Crippen LogP contribution in [0.25, 0.3) is 22.0 Å². The summed E-state index contributed by atoms with van der Waals surface area (Å²) >= 11 is 0. The first-order chi connectivity index (χ1) is 9.59. The monoisotopic (exact) mass is 272 g/mol. The molecule has 5 heteroatoms. The van der Waals surface area contributed by atoms with Crippen LogP contribution in [-0.4, -0.2) is 10.2 Å². The van der Waals surface area contributed by atoms with Gasteiger partial charge in [-0.1, -0.05) is 24.3 Å². The Morgan fingerprint density at radius 3 is 2.50 bits per heavy atom. The lowest BCUT2D eigenvalue weighted by molar-refractivity contribution is 0.582. The standard InChI is InChI=1S/C15H10F2N2O/c1-8-6-7-11(16)12(13(8)17)14-9-4-2-3-5-10(9)15(20)19-18-14/h2-7H,1H3,(H,19,20). The van der Waals surface area contributed by atoms with Crippen LogP contribution in [0.3, 0.4) is 0 Å². The van der Waals surface area contributed by atoms with E-state index < -0.39 is 17.2 Å². The average Bonchev–Trinajstić information content (AvgIpc) is 2.46. The van der Waals surface area contributed by atoms with Crippen molar-refractivity contribution in [1.29, 1.82) is 0 Å². The Bertz CT molecular complexity index is 871. The van der Waals surface area contributed by atoms with E-state index >= 15 is 0 Å². The molecule has 0 spiro atoms. The molecular formula is C15H10F2N2O. The molecule has 20 heavy (non-hydrogen) atoms. The molecule has 0 aliphatic carbocycles. The highest BCUT2D eigenvalue weighted by Gasteiger charge is 2.18. The number of nitrogens with one attached hydrogen (secondary N) is 1. The number of aromatic amines is 1. The predicted molar refractivity (Wildman–Crippen MR) is 72.5 cm³/mol. The molecule has 3 rings (SSSR count). The lowest BCUT2D eigenvalue weighted by Crippen LogP contribution is -2.10. The molecule has 0 amide bonds. The van der Waals surface area contributed by atoms with Crippen LogP contribution in [0.4, 0.5) is 8.78 Å². The van der Waals surface area contributed by atoms with Gasteiger partial charge < -0.3 is 0 Å². The van der Waals surface area contributed by atoms with E-state index in [1.165, 1.54) is 12.1 Å². The topological polar surface area (TPSA) is 45.8 Å². The van der Waals surface area contributed by atoms with Gasteiger partial charge in [0.1, 0.15) is 17.3 Å². The molecule has 2 aromatic carbocycles. The van der Waals surface area contributed by atoms with E-state index in [1.54, 1.807) is 31.2 Å². The molecule has 0 radical (unpaired) electrons. The van der Waals surface area contributed by atoms with Crippen molar-refractivity contribution in [3.63, 3.8) is 0 Å². The summed E-state index contributed by atoms with van der Waals surface area (Å²) < 4.78 is 28.2. The zero-order chi connectivity index (χ0) is 14.3. The van der Waals surface area contributed by atoms with Crippen molar-refractivity contribution >= 4 is 10.8 Å². The number of rotatable bonds is 1. The van der Waals surface area contributed by atoms with Crippen LogP contribution in [-0.2, 0) is 0 Å². The molecule has 1 N–H and O–H groups in total. The van der Waals surface area contributed by atoms with Crippen molar-refractivity contribution in [2.24, 2.45) is 0 Å². The van der Waals surface area contributed by atoms with Crippen LogP contribution in [0.15, 0.2) is 41.2 Å². The molecule has 100 valence electrons. The molecule has 0 saturated carbocycles. The smallest absolute Gasteiger partial charge is 0.267 e. The second-order valence-corrected chi connectivity index (χ2v) is 4.50. The first-order valence-corrected chi connectivity index (χ1v) is 6.02. The maximum Gasteiger partial charge on any atom is 0.272 e. The van der Waals surface area contributed by atoms with Gasteiger partial charge in [-0.3, -0.25) is 4.79 Å². The summed E-state index contributed by atoms with van der Waals surface area (Å²) in [7, 11) is 0. The summed E-state index contributed by atoms with van der Waals surface area (Å²) in [5, 5.41) is 6.86. The van der Waals surface area contributed by atoms with E-state index in [0.717, 1.165) is 0 Å². The van der Waals surface area contributed by atoms with Gasteiger partial charge in [-0.25, -0.2) is 13.9 Å². The molecule has 1 heterocycles. The molecule has 0 saturated heterocycles. The van der Waals surface area contributed by atoms with Gasteiger partial charge >= 0.3 is 0 Å².